The van der Waals surface area contributed by atoms with Gasteiger partial charge in [-0.15, -0.1) is 0 Å². The number of rotatable bonds is 11. The topological polar surface area (TPSA) is 15.3 Å². The summed E-state index contributed by atoms with van der Waals surface area (Å²) in [5, 5.41) is 3.67. The van der Waals surface area contributed by atoms with Gasteiger partial charge in [0.25, 0.3) is 0 Å². The standard InChI is InChI=1S/C18H40N2/c1-9-18(10-2,13-19-17(7)8)14-20(11-15(3)4)12-16(5)6/h15-17,19H,9-14H2,1-8H3. The van der Waals surface area contributed by atoms with Crippen LogP contribution in [0.5, 0.6) is 0 Å². The molecule has 0 unspecified atom stereocenters. The zero-order valence-corrected chi connectivity index (χ0v) is 15.4. The first-order valence-corrected chi connectivity index (χ1v) is 8.70. The first-order valence-electron chi connectivity index (χ1n) is 8.70. The lowest BCUT2D eigenvalue weighted by molar-refractivity contribution is 0.111. The van der Waals surface area contributed by atoms with Crippen LogP contribution in [0.3, 0.4) is 0 Å². The second-order valence-electron chi connectivity index (χ2n) is 7.72. The smallest absolute Gasteiger partial charge is 0.00502 e. The van der Waals surface area contributed by atoms with Crippen molar-refractivity contribution in [2.24, 2.45) is 17.3 Å². The maximum absolute atomic E-state index is 3.67. The van der Waals surface area contributed by atoms with Gasteiger partial charge in [0.05, 0.1) is 0 Å². The molecular weight excluding hydrogens is 244 g/mol. The summed E-state index contributed by atoms with van der Waals surface area (Å²) in [6, 6.07) is 0.580. The average Bonchev–Trinajstić information content (AvgIpc) is 2.32. The summed E-state index contributed by atoms with van der Waals surface area (Å²) in [6.07, 6.45) is 2.52. The fourth-order valence-electron chi connectivity index (χ4n) is 2.91. The van der Waals surface area contributed by atoms with Gasteiger partial charge < -0.3 is 10.2 Å². The molecule has 0 bridgehead atoms. The molecule has 20 heavy (non-hydrogen) atoms. The zero-order chi connectivity index (χ0) is 15.8. The lowest BCUT2D eigenvalue weighted by Gasteiger charge is -2.39. The van der Waals surface area contributed by atoms with E-state index in [1.165, 1.54) is 32.5 Å². The van der Waals surface area contributed by atoms with Crippen molar-refractivity contribution in [1.29, 1.82) is 0 Å². The van der Waals surface area contributed by atoms with Crippen LogP contribution in [0.15, 0.2) is 0 Å². The van der Waals surface area contributed by atoms with Crippen molar-refractivity contribution in [3.05, 3.63) is 0 Å². The van der Waals surface area contributed by atoms with Crippen LogP contribution in [-0.2, 0) is 0 Å². The van der Waals surface area contributed by atoms with E-state index in [9.17, 15) is 0 Å². The Hall–Kier alpha value is -0.0800. The van der Waals surface area contributed by atoms with Gasteiger partial charge >= 0.3 is 0 Å². The van der Waals surface area contributed by atoms with Gasteiger partial charge in [-0.3, -0.25) is 0 Å². The summed E-state index contributed by atoms with van der Waals surface area (Å²) in [5.41, 5.74) is 0.425. The Labute approximate surface area is 128 Å². The van der Waals surface area contributed by atoms with Crippen LogP contribution >= 0.6 is 0 Å². The van der Waals surface area contributed by atoms with Crippen molar-refractivity contribution in [2.45, 2.75) is 74.3 Å². The quantitative estimate of drug-likeness (QED) is 0.605. The molecule has 0 aliphatic heterocycles. The Bertz CT molecular complexity index is 220. The van der Waals surface area contributed by atoms with E-state index in [1.54, 1.807) is 0 Å². The highest BCUT2D eigenvalue weighted by Gasteiger charge is 2.29. The van der Waals surface area contributed by atoms with Crippen molar-refractivity contribution in [3.8, 4) is 0 Å². The summed E-state index contributed by atoms with van der Waals surface area (Å²) >= 11 is 0. The molecular formula is C18H40N2. The lowest BCUT2D eigenvalue weighted by Crippen LogP contribution is -2.46. The van der Waals surface area contributed by atoms with Crippen LogP contribution in [0, 0.1) is 17.3 Å². The third-order valence-electron chi connectivity index (χ3n) is 4.19. The second kappa shape index (κ2) is 9.78. The summed E-state index contributed by atoms with van der Waals surface area (Å²) in [6.45, 7) is 23.4. The molecule has 0 saturated heterocycles. The van der Waals surface area contributed by atoms with Crippen molar-refractivity contribution in [3.63, 3.8) is 0 Å². The van der Waals surface area contributed by atoms with Gasteiger partial charge in [-0.1, -0.05) is 55.4 Å². The number of nitrogens with one attached hydrogen (secondary N) is 1. The van der Waals surface area contributed by atoms with Crippen LogP contribution in [-0.4, -0.2) is 37.1 Å². The molecule has 2 heteroatoms. The van der Waals surface area contributed by atoms with Gasteiger partial charge in [-0.25, -0.2) is 0 Å². The van der Waals surface area contributed by atoms with Crippen molar-refractivity contribution >= 4 is 0 Å². The summed E-state index contributed by atoms with van der Waals surface area (Å²) < 4.78 is 0. The van der Waals surface area contributed by atoms with Crippen LogP contribution < -0.4 is 5.32 Å². The predicted octanol–water partition coefficient (Wildman–Crippen LogP) is 4.40. The van der Waals surface area contributed by atoms with Crippen molar-refractivity contribution in [1.82, 2.24) is 10.2 Å². The Balaban J connectivity index is 4.77. The molecule has 0 saturated carbocycles. The molecule has 122 valence electrons. The highest BCUT2D eigenvalue weighted by molar-refractivity contribution is 4.84. The summed E-state index contributed by atoms with van der Waals surface area (Å²) in [4.78, 5) is 2.70. The minimum Gasteiger partial charge on any atom is -0.314 e. The van der Waals surface area contributed by atoms with Gasteiger partial charge in [0.1, 0.15) is 0 Å². The van der Waals surface area contributed by atoms with Crippen LogP contribution in [0.25, 0.3) is 0 Å². The Morgan fingerprint density at radius 1 is 0.850 bits per heavy atom. The minimum absolute atomic E-state index is 0.425. The Morgan fingerprint density at radius 3 is 1.60 bits per heavy atom. The van der Waals surface area contributed by atoms with Gasteiger partial charge in [-0.2, -0.15) is 0 Å². The molecule has 0 radical (unpaired) electrons. The van der Waals surface area contributed by atoms with E-state index in [0.717, 1.165) is 18.4 Å². The SMILES string of the molecule is CCC(CC)(CNC(C)C)CN(CC(C)C)CC(C)C. The zero-order valence-electron chi connectivity index (χ0n) is 15.4. The summed E-state index contributed by atoms with van der Waals surface area (Å²) in [7, 11) is 0. The van der Waals surface area contributed by atoms with E-state index < -0.39 is 0 Å². The highest BCUT2D eigenvalue weighted by atomic mass is 15.1. The van der Waals surface area contributed by atoms with Crippen LogP contribution in [0.4, 0.5) is 0 Å². The Kier molecular flexibility index (Phi) is 9.74. The molecule has 0 atom stereocenters. The first kappa shape index (κ1) is 19.9. The van der Waals surface area contributed by atoms with E-state index in [-0.39, 0.29) is 0 Å². The van der Waals surface area contributed by atoms with E-state index in [1.807, 2.05) is 0 Å². The van der Waals surface area contributed by atoms with Crippen molar-refractivity contribution in [2.75, 3.05) is 26.2 Å². The average molecular weight is 285 g/mol. The maximum Gasteiger partial charge on any atom is 0.00502 e. The third-order valence-corrected chi connectivity index (χ3v) is 4.19. The van der Waals surface area contributed by atoms with Gasteiger partial charge in [-0.05, 0) is 30.1 Å². The van der Waals surface area contributed by atoms with E-state index in [2.05, 4.69) is 65.6 Å². The van der Waals surface area contributed by atoms with Gasteiger partial charge in [0.2, 0.25) is 0 Å². The van der Waals surface area contributed by atoms with Crippen LogP contribution in [0.2, 0.25) is 0 Å². The molecule has 0 spiro atoms. The summed E-state index contributed by atoms with van der Waals surface area (Å²) in [5.74, 6) is 1.50. The third kappa shape index (κ3) is 8.26. The molecule has 0 fully saturated rings. The normalized spacial score (nSPS) is 13.2. The molecule has 0 rings (SSSR count). The largest absolute Gasteiger partial charge is 0.314 e. The molecule has 0 aliphatic rings. The second-order valence-corrected chi connectivity index (χ2v) is 7.72. The maximum atomic E-state index is 3.67. The van der Waals surface area contributed by atoms with Gasteiger partial charge in [0, 0.05) is 32.2 Å². The van der Waals surface area contributed by atoms with E-state index in [4.69, 9.17) is 0 Å². The number of hydrogen-bond acceptors (Lipinski definition) is 2. The predicted molar refractivity (Wildman–Crippen MR) is 92.3 cm³/mol. The Morgan fingerprint density at radius 2 is 1.30 bits per heavy atom. The number of nitrogens with zero attached hydrogens (tertiary/aromatic N) is 1. The molecule has 0 aliphatic carbocycles. The highest BCUT2D eigenvalue weighted by Crippen LogP contribution is 2.28. The van der Waals surface area contributed by atoms with E-state index in [0.29, 0.717) is 11.5 Å². The van der Waals surface area contributed by atoms with Crippen LogP contribution in [0.1, 0.15) is 68.2 Å². The number of hydrogen-bond donors (Lipinski definition) is 1. The molecule has 2 nitrogen and oxygen atoms in total. The fraction of sp³-hybridized carbons (Fsp3) is 1.00. The fourth-order valence-corrected chi connectivity index (χ4v) is 2.91. The lowest BCUT2D eigenvalue weighted by atomic mass is 9.81. The van der Waals surface area contributed by atoms with Gasteiger partial charge in [0.15, 0.2) is 0 Å². The molecule has 0 amide bonds. The minimum atomic E-state index is 0.425. The molecule has 1 N–H and O–H groups in total. The molecule has 0 aromatic rings. The monoisotopic (exact) mass is 284 g/mol. The molecule has 0 heterocycles. The first-order chi connectivity index (χ1) is 9.24. The molecule has 0 aromatic heterocycles. The van der Waals surface area contributed by atoms with Crippen molar-refractivity contribution < 1.29 is 0 Å². The van der Waals surface area contributed by atoms with E-state index >= 15 is 0 Å². The molecule has 0 aromatic carbocycles.